The van der Waals surface area contributed by atoms with Crippen LogP contribution in [-0.4, -0.2) is 58.5 Å². The molecule has 1 aliphatic heterocycles. The molecule has 2 N–H and O–H groups in total. The molecular weight excluding hydrogens is 433 g/mol. The summed E-state index contributed by atoms with van der Waals surface area (Å²) in [5.74, 6) is 0.213. The van der Waals surface area contributed by atoms with Crippen LogP contribution >= 0.6 is 0 Å². The Hall–Kier alpha value is -1.99. The highest BCUT2D eigenvalue weighted by atomic mass is 19.1. The third-order valence-corrected chi connectivity index (χ3v) is 8.08. The number of aliphatic hydroxyl groups excluding tert-OH is 1. The first-order valence-electron chi connectivity index (χ1n) is 13.1. The van der Waals surface area contributed by atoms with Crippen molar-refractivity contribution in [2.24, 2.45) is 11.8 Å². The molecule has 0 bridgehead atoms. The molecule has 2 amide bonds. The number of halogens is 1. The number of anilines is 1. The van der Waals surface area contributed by atoms with Gasteiger partial charge >= 0.3 is 0 Å². The molecule has 2 unspecified atom stereocenters. The third-order valence-electron chi connectivity index (χ3n) is 8.08. The van der Waals surface area contributed by atoms with Gasteiger partial charge in [0.05, 0.1) is 6.10 Å². The first-order chi connectivity index (χ1) is 16.3. The molecular formula is C27H40FN3O3. The van der Waals surface area contributed by atoms with Gasteiger partial charge in [0.25, 0.3) is 0 Å². The van der Waals surface area contributed by atoms with Gasteiger partial charge in [-0.3, -0.25) is 14.5 Å². The van der Waals surface area contributed by atoms with Gasteiger partial charge in [0, 0.05) is 50.2 Å². The Labute approximate surface area is 202 Å². The third kappa shape index (κ3) is 6.16. The maximum absolute atomic E-state index is 14.5. The Kier molecular flexibility index (Phi) is 8.25. The van der Waals surface area contributed by atoms with Crippen LogP contribution in [-0.2, 0) is 16.1 Å². The van der Waals surface area contributed by atoms with Gasteiger partial charge in [-0.1, -0.05) is 19.3 Å². The molecule has 188 valence electrons. The molecule has 3 aliphatic rings. The highest BCUT2D eigenvalue weighted by molar-refractivity contribution is 5.91. The molecule has 2 saturated carbocycles. The smallest absolute Gasteiger partial charge is 0.226 e. The lowest BCUT2D eigenvalue weighted by Crippen LogP contribution is -2.54. The molecule has 3 fully saturated rings. The van der Waals surface area contributed by atoms with Crippen LogP contribution in [0.5, 0.6) is 0 Å². The van der Waals surface area contributed by atoms with Gasteiger partial charge in [0.1, 0.15) is 5.82 Å². The van der Waals surface area contributed by atoms with Gasteiger partial charge in [-0.15, -0.1) is 0 Å². The van der Waals surface area contributed by atoms with Gasteiger partial charge in [-0.05, 0) is 75.1 Å². The maximum atomic E-state index is 14.5. The number of nitrogens with one attached hydrogen (secondary N) is 1. The zero-order chi connectivity index (χ0) is 24.2. The molecule has 1 saturated heterocycles. The molecule has 1 heterocycles. The van der Waals surface area contributed by atoms with Crippen molar-refractivity contribution in [3.8, 4) is 0 Å². The van der Waals surface area contributed by atoms with E-state index in [9.17, 15) is 19.1 Å². The molecule has 2 aliphatic carbocycles. The molecule has 1 aromatic carbocycles. The predicted octanol–water partition coefficient (Wildman–Crippen LogP) is 4.24. The number of carbonyl (C=O) groups is 2. The largest absolute Gasteiger partial charge is 0.393 e. The van der Waals surface area contributed by atoms with Crippen LogP contribution < -0.4 is 5.32 Å². The molecule has 0 radical (unpaired) electrons. The predicted molar refractivity (Wildman–Crippen MR) is 131 cm³/mol. The number of hydrogen-bond donors (Lipinski definition) is 2. The highest BCUT2D eigenvalue weighted by Gasteiger charge is 2.33. The second-order valence-corrected chi connectivity index (χ2v) is 10.8. The lowest BCUT2D eigenvalue weighted by atomic mass is 9.85. The Morgan fingerprint density at radius 1 is 1.12 bits per heavy atom. The van der Waals surface area contributed by atoms with E-state index in [0.29, 0.717) is 37.5 Å². The van der Waals surface area contributed by atoms with Crippen molar-refractivity contribution in [3.05, 3.63) is 29.1 Å². The summed E-state index contributed by atoms with van der Waals surface area (Å²) in [6, 6.07) is 3.09. The van der Waals surface area contributed by atoms with Crippen molar-refractivity contribution in [3.63, 3.8) is 0 Å². The summed E-state index contributed by atoms with van der Waals surface area (Å²) in [6.45, 7) is 6.87. The summed E-state index contributed by atoms with van der Waals surface area (Å²) in [6.07, 6.45) is 7.76. The van der Waals surface area contributed by atoms with E-state index < -0.39 is 0 Å². The van der Waals surface area contributed by atoms with Crippen LogP contribution in [0, 0.1) is 24.6 Å². The minimum Gasteiger partial charge on any atom is -0.393 e. The zero-order valence-electron chi connectivity index (χ0n) is 20.7. The summed E-state index contributed by atoms with van der Waals surface area (Å²) in [5.41, 5.74) is 2.28. The van der Waals surface area contributed by atoms with E-state index in [4.69, 9.17) is 0 Å². The van der Waals surface area contributed by atoms with Crippen molar-refractivity contribution in [2.75, 3.05) is 25.0 Å². The quantitative estimate of drug-likeness (QED) is 0.648. The van der Waals surface area contributed by atoms with Crippen LogP contribution in [0.25, 0.3) is 0 Å². The summed E-state index contributed by atoms with van der Waals surface area (Å²) in [4.78, 5) is 29.8. The molecule has 6 nitrogen and oxygen atoms in total. The fraction of sp³-hybridized carbons (Fsp3) is 0.704. The monoisotopic (exact) mass is 473 g/mol. The van der Waals surface area contributed by atoms with Crippen LogP contribution in [0.2, 0.25) is 0 Å². The number of amides is 2. The molecule has 0 spiro atoms. The summed E-state index contributed by atoms with van der Waals surface area (Å²) < 4.78 is 14.5. The van der Waals surface area contributed by atoms with Crippen molar-refractivity contribution in [1.82, 2.24) is 9.80 Å². The van der Waals surface area contributed by atoms with E-state index in [2.05, 4.69) is 17.1 Å². The average Bonchev–Trinajstić information content (AvgIpc) is 3.31. The SMILES string of the molecule is Cc1c(CN2CCN(C(=O)C3CCCC3)[C@@H](C)C2)cc(F)cc1NC(=O)CC1CCCC(O)C1. The van der Waals surface area contributed by atoms with E-state index in [1.54, 1.807) is 6.07 Å². The second kappa shape index (κ2) is 11.2. The van der Waals surface area contributed by atoms with Crippen LogP contribution in [0.15, 0.2) is 12.1 Å². The number of aliphatic hydroxyl groups is 1. The Morgan fingerprint density at radius 2 is 1.88 bits per heavy atom. The Morgan fingerprint density at radius 3 is 2.59 bits per heavy atom. The minimum absolute atomic E-state index is 0.119. The van der Waals surface area contributed by atoms with Crippen molar-refractivity contribution < 1.29 is 19.1 Å². The summed E-state index contributed by atoms with van der Waals surface area (Å²) in [7, 11) is 0. The van der Waals surface area contributed by atoms with Gasteiger partial charge < -0.3 is 15.3 Å². The number of rotatable bonds is 6. The van der Waals surface area contributed by atoms with E-state index in [1.165, 1.54) is 6.07 Å². The highest BCUT2D eigenvalue weighted by Crippen LogP contribution is 2.30. The van der Waals surface area contributed by atoms with Crippen molar-refractivity contribution in [1.29, 1.82) is 0 Å². The molecule has 7 heteroatoms. The van der Waals surface area contributed by atoms with Crippen LogP contribution in [0.4, 0.5) is 10.1 Å². The first kappa shape index (κ1) is 25.1. The van der Waals surface area contributed by atoms with Gasteiger partial charge in [0.2, 0.25) is 11.8 Å². The molecule has 4 rings (SSSR count). The molecule has 34 heavy (non-hydrogen) atoms. The number of hydrogen-bond acceptors (Lipinski definition) is 4. The van der Waals surface area contributed by atoms with Crippen LogP contribution in [0.3, 0.4) is 0 Å². The maximum Gasteiger partial charge on any atom is 0.226 e. The molecule has 3 atom stereocenters. The molecule has 0 aromatic heterocycles. The van der Waals surface area contributed by atoms with Crippen LogP contribution in [0.1, 0.15) is 75.8 Å². The standard InChI is InChI=1S/C27H40FN3O3/c1-18-16-30(10-11-31(18)27(34)21-7-3-4-8-21)17-22-14-23(28)15-25(19(22)2)29-26(33)13-20-6-5-9-24(32)12-20/h14-15,18,20-21,24,32H,3-13,16-17H2,1-2H3,(H,29,33)/t18-,20?,24?/m0/s1. The lowest BCUT2D eigenvalue weighted by Gasteiger charge is -2.41. The van der Waals surface area contributed by atoms with Gasteiger partial charge in [-0.2, -0.15) is 0 Å². The normalized spacial score (nSPS) is 26.6. The van der Waals surface area contributed by atoms with E-state index in [-0.39, 0.29) is 35.7 Å². The summed E-state index contributed by atoms with van der Waals surface area (Å²) >= 11 is 0. The number of benzene rings is 1. The number of piperazine rings is 1. The minimum atomic E-state index is -0.355. The topological polar surface area (TPSA) is 72.9 Å². The Bertz CT molecular complexity index is 886. The lowest BCUT2D eigenvalue weighted by molar-refractivity contribution is -0.140. The Balaban J connectivity index is 1.35. The fourth-order valence-corrected chi connectivity index (χ4v) is 6.09. The van der Waals surface area contributed by atoms with Crippen molar-refractivity contribution in [2.45, 2.75) is 90.3 Å². The fourth-order valence-electron chi connectivity index (χ4n) is 6.09. The molecule has 1 aromatic rings. The van der Waals surface area contributed by atoms with E-state index in [0.717, 1.165) is 69.2 Å². The van der Waals surface area contributed by atoms with E-state index in [1.807, 2.05) is 11.8 Å². The van der Waals surface area contributed by atoms with Gasteiger partial charge in [-0.25, -0.2) is 4.39 Å². The average molecular weight is 474 g/mol. The second-order valence-electron chi connectivity index (χ2n) is 10.8. The first-order valence-corrected chi connectivity index (χ1v) is 13.1. The van der Waals surface area contributed by atoms with Gasteiger partial charge in [0.15, 0.2) is 0 Å². The summed E-state index contributed by atoms with van der Waals surface area (Å²) in [5, 5.41) is 12.8. The number of carbonyl (C=O) groups excluding carboxylic acids is 2. The zero-order valence-corrected chi connectivity index (χ0v) is 20.7. The van der Waals surface area contributed by atoms with E-state index >= 15 is 0 Å². The van der Waals surface area contributed by atoms with Crippen molar-refractivity contribution >= 4 is 17.5 Å². The number of nitrogens with zero attached hydrogens (tertiary/aromatic N) is 2.